The van der Waals surface area contributed by atoms with Crippen molar-refractivity contribution >= 4 is 5.69 Å². The average molecular weight is 215 g/mol. The van der Waals surface area contributed by atoms with Gasteiger partial charge < -0.3 is 10.6 Å². The molecule has 0 amide bonds. The van der Waals surface area contributed by atoms with Gasteiger partial charge in [0.2, 0.25) is 0 Å². The largest absolute Gasteiger partial charge is 0.371 e. The van der Waals surface area contributed by atoms with Crippen LogP contribution in [0.4, 0.5) is 5.69 Å². The molecule has 1 aromatic rings. The highest BCUT2D eigenvalue weighted by Gasteiger charge is 2.22. The minimum absolute atomic E-state index is 0.620. The van der Waals surface area contributed by atoms with Gasteiger partial charge >= 0.3 is 0 Å². The lowest BCUT2D eigenvalue weighted by Crippen LogP contribution is -2.23. The van der Waals surface area contributed by atoms with E-state index in [2.05, 4.69) is 17.9 Å². The van der Waals surface area contributed by atoms with Gasteiger partial charge in [-0.05, 0) is 49.6 Å². The van der Waals surface area contributed by atoms with Crippen molar-refractivity contribution in [1.29, 1.82) is 5.26 Å². The number of benzene rings is 1. The topological polar surface area (TPSA) is 53.0 Å². The summed E-state index contributed by atoms with van der Waals surface area (Å²) in [4.78, 5) is 2.37. The lowest BCUT2D eigenvalue weighted by atomic mass is 10.1. The number of nitriles is 1. The smallest absolute Gasteiger partial charge is 0.0991 e. The zero-order valence-corrected chi connectivity index (χ0v) is 9.61. The van der Waals surface area contributed by atoms with Crippen molar-refractivity contribution in [3.63, 3.8) is 0 Å². The van der Waals surface area contributed by atoms with Gasteiger partial charge in [-0.2, -0.15) is 5.26 Å². The second-order valence-electron chi connectivity index (χ2n) is 4.45. The van der Waals surface area contributed by atoms with Crippen molar-refractivity contribution in [2.24, 2.45) is 11.7 Å². The highest BCUT2D eigenvalue weighted by Crippen LogP contribution is 2.26. The molecule has 0 aliphatic carbocycles. The minimum atomic E-state index is 0.620. The molecule has 1 heterocycles. The van der Waals surface area contributed by atoms with E-state index in [9.17, 15) is 0 Å². The summed E-state index contributed by atoms with van der Waals surface area (Å²) < 4.78 is 0. The monoisotopic (exact) mass is 215 g/mol. The van der Waals surface area contributed by atoms with Gasteiger partial charge in [-0.15, -0.1) is 0 Å². The third kappa shape index (κ3) is 2.02. The predicted molar refractivity (Wildman–Crippen MR) is 65.3 cm³/mol. The summed E-state index contributed by atoms with van der Waals surface area (Å²) in [5, 5.41) is 8.82. The second kappa shape index (κ2) is 4.54. The molecule has 1 aromatic carbocycles. The highest BCUT2D eigenvalue weighted by molar-refractivity contribution is 5.56. The van der Waals surface area contributed by atoms with Crippen LogP contribution in [0.5, 0.6) is 0 Å². The summed E-state index contributed by atoms with van der Waals surface area (Å²) in [5.74, 6) is 0.620. The lowest BCUT2D eigenvalue weighted by Gasteiger charge is -2.20. The van der Waals surface area contributed by atoms with Crippen LogP contribution in [-0.2, 0) is 0 Å². The lowest BCUT2D eigenvalue weighted by molar-refractivity contribution is 0.602. The number of aryl methyl sites for hydroxylation is 1. The van der Waals surface area contributed by atoms with E-state index in [0.717, 1.165) is 25.2 Å². The quantitative estimate of drug-likeness (QED) is 0.816. The van der Waals surface area contributed by atoms with Gasteiger partial charge in [-0.1, -0.05) is 0 Å². The molecule has 3 nitrogen and oxygen atoms in total. The van der Waals surface area contributed by atoms with Crippen LogP contribution in [0.1, 0.15) is 17.5 Å². The molecule has 2 rings (SSSR count). The first-order valence-corrected chi connectivity index (χ1v) is 5.70. The number of hydrogen-bond donors (Lipinski definition) is 1. The van der Waals surface area contributed by atoms with E-state index in [4.69, 9.17) is 11.0 Å². The molecule has 0 bridgehead atoms. The van der Waals surface area contributed by atoms with Crippen molar-refractivity contribution in [3.8, 4) is 6.07 Å². The predicted octanol–water partition coefficient (Wildman–Crippen LogP) is 1.65. The van der Waals surface area contributed by atoms with Gasteiger partial charge in [0.15, 0.2) is 0 Å². The molecule has 1 fully saturated rings. The number of anilines is 1. The van der Waals surface area contributed by atoms with Crippen LogP contribution >= 0.6 is 0 Å². The molecule has 1 atom stereocenters. The molecule has 3 heteroatoms. The zero-order chi connectivity index (χ0) is 11.5. The highest BCUT2D eigenvalue weighted by atomic mass is 15.2. The molecule has 0 saturated carbocycles. The normalized spacial score (nSPS) is 19.8. The molecule has 0 spiro atoms. The van der Waals surface area contributed by atoms with Crippen LogP contribution < -0.4 is 10.6 Å². The molecule has 1 aliphatic heterocycles. The van der Waals surface area contributed by atoms with E-state index in [1.807, 2.05) is 18.2 Å². The maximum absolute atomic E-state index is 8.82. The first-order chi connectivity index (χ1) is 7.74. The fourth-order valence-electron chi connectivity index (χ4n) is 2.32. The Balaban J connectivity index is 2.19. The molecular weight excluding hydrogens is 198 g/mol. The molecule has 0 aromatic heterocycles. The molecule has 1 unspecified atom stereocenters. The summed E-state index contributed by atoms with van der Waals surface area (Å²) in [6.45, 7) is 4.95. The standard InChI is InChI=1S/C13H17N3/c1-10-6-11(7-14)2-3-13(10)16-5-4-12(8-15)9-16/h2-3,6,12H,4-5,8-9,15H2,1H3. The van der Waals surface area contributed by atoms with E-state index in [1.54, 1.807) is 0 Å². The molecule has 2 N–H and O–H groups in total. The summed E-state index contributed by atoms with van der Waals surface area (Å²) in [7, 11) is 0. The van der Waals surface area contributed by atoms with Crippen LogP contribution in [0.3, 0.4) is 0 Å². The number of nitrogens with zero attached hydrogens (tertiary/aromatic N) is 2. The van der Waals surface area contributed by atoms with Crippen molar-refractivity contribution in [1.82, 2.24) is 0 Å². The van der Waals surface area contributed by atoms with E-state index < -0.39 is 0 Å². The Kier molecular flexibility index (Phi) is 3.12. The van der Waals surface area contributed by atoms with Crippen LogP contribution in [0, 0.1) is 24.2 Å². The fraction of sp³-hybridized carbons (Fsp3) is 0.462. The summed E-state index contributed by atoms with van der Waals surface area (Å²) >= 11 is 0. The van der Waals surface area contributed by atoms with Gasteiger partial charge in [-0.25, -0.2) is 0 Å². The Morgan fingerprint density at radius 1 is 1.56 bits per heavy atom. The Morgan fingerprint density at radius 2 is 2.38 bits per heavy atom. The van der Waals surface area contributed by atoms with Gasteiger partial charge in [0, 0.05) is 18.8 Å². The third-order valence-corrected chi connectivity index (χ3v) is 3.29. The first kappa shape index (κ1) is 11.0. The SMILES string of the molecule is Cc1cc(C#N)ccc1N1CCC(CN)C1. The van der Waals surface area contributed by atoms with Crippen LogP contribution in [0.15, 0.2) is 18.2 Å². The Hall–Kier alpha value is -1.53. The number of nitrogens with two attached hydrogens (primary N) is 1. The van der Waals surface area contributed by atoms with Crippen molar-refractivity contribution < 1.29 is 0 Å². The Labute approximate surface area is 96.5 Å². The molecule has 16 heavy (non-hydrogen) atoms. The summed E-state index contributed by atoms with van der Waals surface area (Å²) in [5.41, 5.74) is 8.84. The molecular formula is C13H17N3. The van der Waals surface area contributed by atoms with Crippen LogP contribution in [0.25, 0.3) is 0 Å². The third-order valence-electron chi connectivity index (χ3n) is 3.29. The second-order valence-corrected chi connectivity index (χ2v) is 4.45. The Morgan fingerprint density at radius 3 is 2.94 bits per heavy atom. The fourth-order valence-corrected chi connectivity index (χ4v) is 2.32. The Bertz CT molecular complexity index is 420. The van der Waals surface area contributed by atoms with E-state index in [1.165, 1.54) is 17.7 Å². The first-order valence-electron chi connectivity index (χ1n) is 5.70. The van der Waals surface area contributed by atoms with Crippen molar-refractivity contribution in [2.45, 2.75) is 13.3 Å². The summed E-state index contributed by atoms with van der Waals surface area (Å²) in [6, 6.07) is 8.05. The van der Waals surface area contributed by atoms with Crippen LogP contribution in [0.2, 0.25) is 0 Å². The summed E-state index contributed by atoms with van der Waals surface area (Å²) in [6.07, 6.45) is 1.18. The van der Waals surface area contributed by atoms with E-state index in [0.29, 0.717) is 5.92 Å². The van der Waals surface area contributed by atoms with Crippen LogP contribution in [-0.4, -0.2) is 19.6 Å². The minimum Gasteiger partial charge on any atom is -0.371 e. The van der Waals surface area contributed by atoms with E-state index >= 15 is 0 Å². The zero-order valence-electron chi connectivity index (χ0n) is 9.61. The molecule has 0 radical (unpaired) electrons. The number of hydrogen-bond acceptors (Lipinski definition) is 3. The van der Waals surface area contributed by atoms with E-state index in [-0.39, 0.29) is 0 Å². The molecule has 84 valence electrons. The molecule has 1 saturated heterocycles. The van der Waals surface area contributed by atoms with Gasteiger partial charge in [0.05, 0.1) is 11.6 Å². The van der Waals surface area contributed by atoms with Gasteiger partial charge in [-0.3, -0.25) is 0 Å². The number of rotatable bonds is 2. The maximum atomic E-state index is 8.82. The van der Waals surface area contributed by atoms with Gasteiger partial charge in [0.25, 0.3) is 0 Å². The van der Waals surface area contributed by atoms with Crippen molar-refractivity contribution in [2.75, 3.05) is 24.5 Å². The maximum Gasteiger partial charge on any atom is 0.0991 e. The average Bonchev–Trinajstić information content (AvgIpc) is 2.77. The van der Waals surface area contributed by atoms with Crippen molar-refractivity contribution in [3.05, 3.63) is 29.3 Å². The molecule has 1 aliphatic rings. The van der Waals surface area contributed by atoms with Gasteiger partial charge in [0.1, 0.15) is 0 Å².